The molecule has 19 heavy (non-hydrogen) atoms. The minimum absolute atomic E-state index is 0.183. The van der Waals surface area contributed by atoms with E-state index < -0.39 is 0 Å². The molecule has 0 spiro atoms. The lowest BCUT2D eigenvalue weighted by Gasteiger charge is -2.42. The molecule has 3 N–H and O–H groups in total. The molecule has 1 atom stereocenters. The summed E-state index contributed by atoms with van der Waals surface area (Å²) in [5.74, 6) is 5.87. The van der Waals surface area contributed by atoms with Gasteiger partial charge in [-0.05, 0) is 40.8 Å². The Morgan fingerprint density at radius 3 is 2.42 bits per heavy atom. The summed E-state index contributed by atoms with van der Waals surface area (Å²) in [6.07, 6.45) is 5.96. The number of likely N-dealkylation sites (N-methyl/N-ethyl adjacent to an activating group) is 1. The van der Waals surface area contributed by atoms with Crippen molar-refractivity contribution in [3.8, 4) is 0 Å². The maximum atomic E-state index is 5.87. The SMILES string of the molecule is Cc1nc(CC(NN)C2(N(C)C)CCCC2)sc1C. The Hall–Kier alpha value is -0.490. The summed E-state index contributed by atoms with van der Waals surface area (Å²) in [4.78, 5) is 8.34. The molecule has 0 aliphatic heterocycles. The number of thiazole rings is 1. The van der Waals surface area contributed by atoms with E-state index in [1.54, 1.807) is 11.3 Å². The zero-order valence-corrected chi connectivity index (χ0v) is 13.3. The average Bonchev–Trinajstić information content (AvgIpc) is 2.95. The van der Waals surface area contributed by atoms with Crippen LogP contribution in [0.3, 0.4) is 0 Å². The van der Waals surface area contributed by atoms with Crippen LogP contribution in [0.1, 0.15) is 41.3 Å². The molecule has 4 nitrogen and oxygen atoms in total. The Morgan fingerprint density at radius 2 is 2.00 bits per heavy atom. The highest BCUT2D eigenvalue weighted by Gasteiger charge is 2.43. The van der Waals surface area contributed by atoms with E-state index in [-0.39, 0.29) is 11.6 Å². The van der Waals surface area contributed by atoms with Crippen molar-refractivity contribution in [2.24, 2.45) is 5.84 Å². The van der Waals surface area contributed by atoms with E-state index in [1.807, 2.05) is 0 Å². The number of hydrogen-bond donors (Lipinski definition) is 2. The first-order chi connectivity index (χ1) is 8.99. The molecule has 108 valence electrons. The van der Waals surface area contributed by atoms with Crippen molar-refractivity contribution in [2.75, 3.05) is 14.1 Å². The molecule has 1 fully saturated rings. The standard InChI is InChI=1S/C14H26N4S/c1-10-11(2)19-13(16-10)9-12(17-15)14(18(3)4)7-5-6-8-14/h12,17H,5-9,15H2,1-4H3. The molecule has 1 aromatic rings. The van der Waals surface area contributed by atoms with Crippen molar-refractivity contribution in [3.05, 3.63) is 15.6 Å². The summed E-state index contributed by atoms with van der Waals surface area (Å²) in [7, 11) is 4.35. The summed E-state index contributed by atoms with van der Waals surface area (Å²) in [6.45, 7) is 4.22. The number of aromatic nitrogens is 1. The highest BCUT2D eigenvalue weighted by atomic mass is 32.1. The normalized spacial score (nSPS) is 20.1. The third-order valence-electron chi connectivity index (χ3n) is 4.66. The minimum atomic E-state index is 0.183. The van der Waals surface area contributed by atoms with Crippen LogP contribution in [0.5, 0.6) is 0 Å². The van der Waals surface area contributed by atoms with Gasteiger partial charge in [0.15, 0.2) is 0 Å². The highest BCUT2D eigenvalue weighted by molar-refractivity contribution is 7.11. The number of nitrogens with one attached hydrogen (secondary N) is 1. The van der Waals surface area contributed by atoms with E-state index in [2.05, 4.69) is 43.3 Å². The van der Waals surface area contributed by atoms with Gasteiger partial charge in [0.05, 0.1) is 10.7 Å². The first kappa shape index (κ1) is 14.9. The molecule has 1 unspecified atom stereocenters. The zero-order chi connectivity index (χ0) is 14.0. The van der Waals surface area contributed by atoms with Crippen molar-refractivity contribution in [1.82, 2.24) is 15.3 Å². The van der Waals surface area contributed by atoms with Gasteiger partial charge in [-0.25, -0.2) is 4.98 Å². The van der Waals surface area contributed by atoms with Gasteiger partial charge >= 0.3 is 0 Å². The van der Waals surface area contributed by atoms with Gasteiger partial charge in [-0.15, -0.1) is 11.3 Å². The second-order valence-corrected chi connectivity index (χ2v) is 7.17. The van der Waals surface area contributed by atoms with Crippen LogP contribution < -0.4 is 11.3 Å². The van der Waals surface area contributed by atoms with Gasteiger partial charge in [-0.1, -0.05) is 12.8 Å². The molecule has 1 heterocycles. The highest BCUT2D eigenvalue weighted by Crippen LogP contribution is 2.38. The molecule has 1 aliphatic carbocycles. The lowest BCUT2D eigenvalue weighted by atomic mass is 9.85. The molecule has 0 aromatic carbocycles. The molecule has 0 radical (unpaired) electrons. The summed E-state index contributed by atoms with van der Waals surface area (Å²) < 4.78 is 0. The van der Waals surface area contributed by atoms with Crippen LogP contribution in [-0.4, -0.2) is 35.6 Å². The van der Waals surface area contributed by atoms with Crippen LogP contribution in [0, 0.1) is 13.8 Å². The lowest BCUT2D eigenvalue weighted by molar-refractivity contribution is 0.104. The second-order valence-electron chi connectivity index (χ2n) is 5.88. The van der Waals surface area contributed by atoms with Crippen molar-refractivity contribution in [2.45, 2.75) is 57.5 Å². The van der Waals surface area contributed by atoms with E-state index >= 15 is 0 Å². The van der Waals surface area contributed by atoms with Gasteiger partial charge in [-0.3, -0.25) is 11.3 Å². The van der Waals surface area contributed by atoms with Gasteiger partial charge in [0.25, 0.3) is 0 Å². The topological polar surface area (TPSA) is 54.2 Å². The second kappa shape index (κ2) is 5.87. The van der Waals surface area contributed by atoms with Crippen molar-refractivity contribution in [3.63, 3.8) is 0 Å². The fraction of sp³-hybridized carbons (Fsp3) is 0.786. The summed E-state index contributed by atoms with van der Waals surface area (Å²) in [5, 5.41) is 1.20. The van der Waals surface area contributed by atoms with E-state index in [1.165, 1.54) is 35.6 Å². The fourth-order valence-electron chi connectivity index (χ4n) is 3.30. The molecule has 1 aliphatic rings. The Morgan fingerprint density at radius 1 is 1.37 bits per heavy atom. The Bertz CT molecular complexity index is 402. The molecule has 1 saturated carbocycles. The maximum absolute atomic E-state index is 5.87. The van der Waals surface area contributed by atoms with Gasteiger partial charge < -0.3 is 4.90 Å². The van der Waals surface area contributed by atoms with Crippen LogP contribution in [-0.2, 0) is 6.42 Å². The number of aryl methyl sites for hydroxylation is 2. The monoisotopic (exact) mass is 282 g/mol. The molecule has 0 bridgehead atoms. The third kappa shape index (κ3) is 2.84. The maximum Gasteiger partial charge on any atom is 0.0947 e. The molecule has 0 amide bonds. The number of hydrazine groups is 1. The summed E-state index contributed by atoms with van der Waals surface area (Å²) >= 11 is 1.80. The molecular weight excluding hydrogens is 256 g/mol. The average molecular weight is 282 g/mol. The van der Waals surface area contributed by atoms with E-state index in [4.69, 9.17) is 5.84 Å². The molecular formula is C14H26N4S. The van der Waals surface area contributed by atoms with Gasteiger partial charge in [-0.2, -0.15) is 0 Å². The molecule has 0 saturated heterocycles. The van der Waals surface area contributed by atoms with Crippen LogP contribution in [0.25, 0.3) is 0 Å². The predicted molar refractivity (Wildman–Crippen MR) is 81.3 cm³/mol. The molecule has 5 heteroatoms. The largest absolute Gasteiger partial charge is 0.302 e. The van der Waals surface area contributed by atoms with Crippen LogP contribution in [0.15, 0.2) is 0 Å². The van der Waals surface area contributed by atoms with Gasteiger partial charge in [0.1, 0.15) is 0 Å². The first-order valence-corrected chi connectivity index (χ1v) is 7.87. The minimum Gasteiger partial charge on any atom is -0.302 e. The van der Waals surface area contributed by atoms with Crippen molar-refractivity contribution >= 4 is 11.3 Å². The van der Waals surface area contributed by atoms with Crippen LogP contribution >= 0.6 is 11.3 Å². The Labute approximate surface area is 120 Å². The number of nitrogens with two attached hydrogens (primary N) is 1. The van der Waals surface area contributed by atoms with E-state index in [0.29, 0.717) is 0 Å². The van der Waals surface area contributed by atoms with E-state index in [0.717, 1.165) is 12.1 Å². The smallest absolute Gasteiger partial charge is 0.0947 e. The van der Waals surface area contributed by atoms with Crippen molar-refractivity contribution < 1.29 is 0 Å². The van der Waals surface area contributed by atoms with E-state index in [9.17, 15) is 0 Å². The predicted octanol–water partition coefficient (Wildman–Crippen LogP) is 2.01. The van der Waals surface area contributed by atoms with Gasteiger partial charge in [0.2, 0.25) is 0 Å². The lowest BCUT2D eigenvalue weighted by Crippen LogP contribution is -2.60. The summed E-state index contributed by atoms with van der Waals surface area (Å²) in [6, 6.07) is 0.273. The zero-order valence-electron chi connectivity index (χ0n) is 12.5. The number of rotatable bonds is 5. The number of hydrogen-bond acceptors (Lipinski definition) is 5. The Balaban J connectivity index is 2.19. The number of nitrogens with zero attached hydrogens (tertiary/aromatic N) is 2. The Kier molecular flexibility index (Phi) is 4.61. The van der Waals surface area contributed by atoms with Crippen molar-refractivity contribution in [1.29, 1.82) is 0 Å². The summed E-state index contributed by atoms with van der Waals surface area (Å²) in [5.41, 5.74) is 4.40. The molecule has 2 rings (SSSR count). The van der Waals surface area contributed by atoms with Crippen LogP contribution in [0.2, 0.25) is 0 Å². The first-order valence-electron chi connectivity index (χ1n) is 7.06. The quantitative estimate of drug-likeness (QED) is 0.641. The van der Waals surface area contributed by atoms with Crippen LogP contribution in [0.4, 0.5) is 0 Å². The fourth-order valence-corrected chi connectivity index (χ4v) is 4.28. The van der Waals surface area contributed by atoms with Gasteiger partial charge in [0, 0.05) is 22.9 Å². The molecule has 1 aromatic heterocycles. The third-order valence-corrected chi connectivity index (χ3v) is 5.76.